The van der Waals surface area contributed by atoms with Crippen LogP contribution in [0.2, 0.25) is 5.02 Å². The number of anilines is 3. The van der Waals surface area contributed by atoms with Gasteiger partial charge in [-0.2, -0.15) is 0 Å². The van der Waals surface area contributed by atoms with E-state index < -0.39 is 17.8 Å². The molecular formula is C31H29ClFN3O4. The first-order chi connectivity index (χ1) is 19.2. The summed E-state index contributed by atoms with van der Waals surface area (Å²) in [5, 5.41) is 16.1. The monoisotopic (exact) mass is 561 g/mol. The first-order valence-corrected chi connectivity index (χ1v) is 12.9. The number of methoxy groups -OCH3 is 1. The minimum Gasteiger partial charge on any atom is -0.478 e. The van der Waals surface area contributed by atoms with Crippen molar-refractivity contribution in [3.8, 4) is 11.1 Å². The third-order valence-corrected chi connectivity index (χ3v) is 6.52. The molecule has 7 nitrogen and oxygen atoms in total. The van der Waals surface area contributed by atoms with Crippen LogP contribution in [-0.4, -0.2) is 37.4 Å². The first-order valence-electron chi connectivity index (χ1n) is 12.5. The van der Waals surface area contributed by atoms with E-state index in [0.29, 0.717) is 47.3 Å². The Morgan fingerprint density at radius 3 is 2.35 bits per heavy atom. The van der Waals surface area contributed by atoms with Crippen molar-refractivity contribution in [1.29, 1.82) is 0 Å². The number of carboxylic acids is 1. The van der Waals surface area contributed by atoms with E-state index in [1.807, 2.05) is 36.1 Å². The van der Waals surface area contributed by atoms with Gasteiger partial charge in [0.25, 0.3) is 0 Å². The Bertz CT molecular complexity index is 1490. The van der Waals surface area contributed by atoms with Crippen LogP contribution in [0.15, 0.2) is 84.9 Å². The molecule has 0 saturated heterocycles. The SMILES string of the molecule is COCCN(Cc1ccc(Cl)cc1)c1ccc(-c2cc(F)ccc2C(=O)O)cc1NC(=O)Nc1ccc(C)cc1. The highest BCUT2D eigenvalue weighted by molar-refractivity contribution is 6.30. The second-order valence-electron chi connectivity index (χ2n) is 9.21. The zero-order valence-corrected chi connectivity index (χ0v) is 22.8. The highest BCUT2D eigenvalue weighted by Gasteiger charge is 2.19. The average Bonchev–Trinajstić information content (AvgIpc) is 2.93. The fraction of sp³-hybridized carbons (Fsp3) is 0.161. The van der Waals surface area contributed by atoms with E-state index in [0.717, 1.165) is 17.2 Å². The Morgan fingerprint density at radius 1 is 0.950 bits per heavy atom. The van der Waals surface area contributed by atoms with Gasteiger partial charge in [0.05, 0.1) is 23.5 Å². The summed E-state index contributed by atoms with van der Waals surface area (Å²) in [6, 6.07) is 23.0. The van der Waals surface area contributed by atoms with Crippen molar-refractivity contribution in [1.82, 2.24) is 0 Å². The number of carboxylic acid groups (broad SMARTS) is 1. The lowest BCUT2D eigenvalue weighted by Crippen LogP contribution is -2.29. The number of urea groups is 1. The summed E-state index contributed by atoms with van der Waals surface area (Å²) in [4.78, 5) is 27.0. The van der Waals surface area contributed by atoms with Gasteiger partial charge >= 0.3 is 12.0 Å². The standard InChI is InChI=1S/C31H29ClFN3O4/c1-20-3-11-25(12-4-20)34-31(39)35-28-17-22(27-18-24(33)10-13-26(27)30(37)38)7-14-29(28)36(15-16-40-2)19-21-5-8-23(32)9-6-21/h3-14,17-18H,15-16,19H2,1-2H3,(H,37,38)(H2,34,35,39). The molecule has 0 spiro atoms. The van der Waals surface area contributed by atoms with Gasteiger partial charge in [0.1, 0.15) is 5.82 Å². The van der Waals surface area contributed by atoms with Crippen LogP contribution < -0.4 is 15.5 Å². The third kappa shape index (κ3) is 7.37. The molecule has 0 saturated carbocycles. The van der Waals surface area contributed by atoms with E-state index in [2.05, 4.69) is 10.6 Å². The topological polar surface area (TPSA) is 90.9 Å². The maximum absolute atomic E-state index is 14.2. The van der Waals surface area contributed by atoms with Crippen molar-refractivity contribution >= 4 is 40.7 Å². The maximum Gasteiger partial charge on any atom is 0.336 e. The Labute approximate surface area is 237 Å². The Balaban J connectivity index is 1.76. The highest BCUT2D eigenvalue weighted by Crippen LogP contribution is 2.34. The predicted molar refractivity (Wildman–Crippen MR) is 157 cm³/mol. The number of halogens is 2. The van der Waals surface area contributed by atoms with Gasteiger partial charge in [0.2, 0.25) is 0 Å². The molecule has 9 heteroatoms. The molecule has 206 valence electrons. The normalized spacial score (nSPS) is 10.7. The molecule has 4 aromatic rings. The first kappa shape index (κ1) is 28.6. The molecule has 0 aromatic heterocycles. The van der Waals surface area contributed by atoms with Gasteiger partial charge in [0.15, 0.2) is 0 Å². The Hall–Kier alpha value is -4.40. The molecule has 0 aliphatic rings. The minimum atomic E-state index is -1.19. The number of nitrogens with zero attached hydrogens (tertiary/aromatic N) is 1. The quantitative estimate of drug-likeness (QED) is 0.187. The largest absolute Gasteiger partial charge is 0.478 e. The second-order valence-corrected chi connectivity index (χ2v) is 9.65. The maximum atomic E-state index is 14.2. The molecule has 0 aliphatic heterocycles. The molecule has 0 unspecified atom stereocenters. The summed E-state index contributed by atoms with van der Waals surface area (Å²) >= 11 is 6.07. The molecule has 2 amide bonds. The molecule has 40 heavy (non-hydrogen) atoms. The molecule has 0 heterocycles. The summed E-state index contributed by atoms with van der Waals surface area (Å²) in [5.74, 6) is -1.75. The molecule has 4 aromatic carbocycles. The van der Waals surface area contributed by atoms with Crippen LogP contribution in [0, 0.1) is 12.7 Å². The van der Waals surface area contributed by atoms with Gasteiger partial charge < -0.3 is 25.4 Å². The molecule has 4 rings (SSSR count). The van der Waals surface area contributed by atoms with Gasteiger partial charge in [-0.1, -0.05) is 47.5 Å². The average molecular weight is 562 g/mol. The van der Waals surface area contributed by atoms with E-state index in [1.165, 1.54) is 12.1 Å². The number of benzene rings is 4. The van der Waals surface area contributed by atoms with Gasteiger partial charge in [-0.25, -0.2) is 14.0 Å². The number of carbonyl (C=O) groups is 2. The number of nitrogens with one attached hydrogen (secondary N) is 2. The van der Waals surface area contributed by atoms with Crippen molar-refractivity contribution in [2.24, 2.45) is 0 Å². The summed E-state index contributed by atoms with van der Waals surface area (Å²) in [6.45, 7) is 3.34. The van der Waals surface area contributed by atoms with Crippen LogP contribution in [0.5, 0.6) is 0 Å². The van der Waals surface area contributed by atoms with Crippen molar-refractivity contribution in [3.05, 3.63) is 112 Å². The molecular weight excluding hydrogens is 533 g/mol. The van der Waals surface area contributed by atoms with Crippen molar-refractivity contribution in [2.45, 2.75) is 13.5 Å². The van der Waals surface area contributed by atoms with E-state index in [-0.39, 0.29) is 11.1 Å². The fourth-order valence-electron chi connectivity index (χ4n) is 4.24. The summed E-state index contributed by atoms with van der Waals surface area (Å²) in [5.41, 5.74) is 4.31. The number of amides is 2. The lowest BCUT2D eigenvalue weighted by Gasteiger charge is -2.28. The predicted octanol–water partition coefficient (Wildman–Crippen LogP) is 7.45. The van der Waals surface area contributed by atoms with Crippen LogP contribution in [0.1, 0.15) is 21.5 Å². The minimum absolute atomic E-state index is 0.0541. The number of aromatic carboxylic acids is 1. The molecule has 0 atom stereocenters. The number of ether oxygens (including phenoxy) is 1. The van der Waals surface area contributed by atoms with Crippen molar-refractivity contribution < 1.29 is 23.8 Å². The Kier molecular flexibility index (Phi) is 9.37. The third-order valence-electron chi connectivity index (χ3n) is 6.27. The van der Waals surface area contributed by atoms with Crippen LogP contribution >= 0.6 is 11.6 Å². The van der Waals surface area contributed by atoms with E-state index in [4.69, 9.17) is 16.3 Å². The fourth-order valence-corrected chi connectivity index (χ4v) is 4.37. The number of hydrogen-bond acceptors (Lipinski definition) is 4. The molecule has 0 bridgehead atoms. The van der Waals surface area contributed by atoms with E-state index >= 15 is 0 Å². The highest BCUT2D eigenvalue weighted by atomic mass is 35.5. The lowest BCUT2D eigenvalue weighted by molar-refractivity contribution is 0.0697. The van der Waals surface area contributed by atoms with Gasteiger partial charge in [-0.15, -0.1) is 0 Å². The zero-order chi connectivity index (χ0) is 28.6. The molecule has 0 fully saturated rings. The molecule has 0 radical (unpaired) electrons. The number of carbonyl (C=O) groups excluding carboxylic acids is 1. The zero-order valence-electron chi connectivity index (χ0n) is 22.1. The van der Waals surface area contributed by atoms with E-state index in [1.54, 1.807) is 49.6 Å². The second kappa shape index (κ2) is 13.1. The lowest BCUT2D eigenvalue weighted by atomic mass is 9.98. The van der Waals surface area contributed by atoms with Crippen LogP contribution in [0.25, 0.3) is 11.1 Å². The Morgan fingerprint density at radius 2 is 1.68 bits per heavy atom. The van der Waals surface area contributed by atoms with Gasteiger partial charge in [0, 0.05) is 30.9 Å². The summed E-state index contributed by atoms with van der Waals surface area (Å²) in [6.07, 6.45) is 0. The van der Waals surface area contributed by atoms with Crippen molar-refractivity contribution in [3.63, 3.8) is 0 Å². The van der Waals surface area contributed by atoms with Crippen molar-refractivity contribution in [2.75, 3.05) is 35.8 Å². The van der Waals surface area contributed by atoms with Crippen LogP contribution in [0.4, 0.5) is 26.2 Å². The summed E-state index contributed by atoms with van der Waals surface area (Å²) in [7, 11) is 1.61. The molecule has 0 aliphatic carbocycles. The number of rotatable bonds is 10. The molecule has 3 N–H and O–H groups in total. The number of hydrogen-bond donors (Lipinski definition) is 3. The summed E-state index contributed by atoms with van der Waals surface area (Å²) < 4.78 is 19.5. The van der Waals surface area contributed by atoms with Crippen LogP contribution in [0.3, 0.4) is 0 Å². The van der Waals surface area contributed by atoms with Gasteiger partial charge in [-0.05, 0) is 78.2 Å². The van der Waals surface area contributed by atoms with Gasteiger partial charge in [-0.3, -0.25) is 0 Å². The van der Waals surface area contributed by atoms with E-state index in [9.17, 15) is 19.1 Å². The number of aryl methyl sites for hydroxylation is 1. The van der Waals surface area contributed by atoms with Crippen LogP contribution in [-0.2, 0) is 11.3 Å². The smallest absolute Gasteiger partial charge is 0.336 e.